The summed E-state index contributed by atoms with van der Waals surface area (Å²) in [5.41, 5.74) is 6.08. The lowest BCUT2D eigenvalue weighted by Gasteiger charge is -2.10. The van der Waals surface area contributed by atoms with Crippen LogP contribution in [0.25, 0.3) is 22.3 Å². The monoisotopic (exact) mass is 293 g/mol. The van der Waals surface area contributed by atoms with Gasteiger partial charge in [-0.15, -0.1) is 0 Å². The second-order valence-corrected chi connectivity index (χ2v) is 4.50. The third-order valence-corrected chi connectivity index (χ3v) is 3.11. The summed E-state index contributed by atoms with van der Waals surface area (Å²) >= 11 is 0. The van der Waals surface area contributed by atoms with Gasteiger partial charge in [0.2, 0.25) is 5.95 Å². The molecule has 0 aliphatic carbocycles. The number of fused-ring (bicyclic) bond motifs is 1. The van der Waals surface area contributed by atoms with E-state index in [1.807, 2.05) is 0 Å². The van der Waals surface area contributed by atoms with Gasteiger partial charge in [-0.3, -0.25) is 4.68 Å². The Morgan fingerprint density at radius 2 is 1.90 bits per heavy atom. The average molecular weight is 293 g/mol. The molecule has 8 heteroatoms. The van der Waals surface area contributed by atoms with E-state index in [9.17, 15) is 13.2 Å². The highest BCUT2D eigenvalue weighted by Crippen LogP contribution is 2.33. The van der Waals surface area contributed by atoms with E-state index in [1.54, 1.807) is 24.0 Å². The first-order valence-corrected chi connectivity index (χ1v) is 5.99. The Morgan fingerprint density at radius 1 is 1.14 bits per heavy atom. The van der Waals surface area contributed by atoms with Crippen molar-refractivity contribution in [1.82, 2.24) is 19.7 Å². The van der Waals surface area contributed by atoms with Gasteiger partial charge >= 0.3 is 6.18 Å². The van der Waals surface area contributed by atoms with Gasteiger partial charge < -0.3 is 5.73 Å². The molecule has 2 aromatic heterocycles. The van der Waals surface area contributed by atoms with Crippen molar-refractivity contribution in [3.05, 3.63) is 36.0 Å². The number of nitrogens with zero attached hydrogens (tertiary/aromatic N) is 4. The molecule has 0 atom stereocenters. The molecular formula is C13H10F3N5. The summed E-state index contributed by atoms with van der Waals surface area (Å²) in [5, 5.41) is 4.51. The van der Waals surface area contributed by atoms with Gasteiger partial charge in [0.1, 0.15) is 5.69 Å². The Bertz CT molecular complexity index is 822. The summed E-state index contributed by atoms with van der Waals surface area (Å²) in [5.74, 6) is -0.0852. The predicted molar refractivity (Wildman–Crippen MR) is 71.2 cm³/mol. The fourth-order valence-corrected chi connectivity index (χ4v) is 2.13. The number of hydrogen-bond donors (Lipinski definition) is 1. The standard InChI is InChI=1S/C13H10F3N5/c1-21-10(4-5-18-21)11-8-3-2-7(13(14,15)16)6-9(8)19-12(17)20-11/h2-6H,1H3,(H2,17,19,20). The first-order chi connectivity index (χ1) is 9.86. The van der Waals surface area contributed by atoms with E-state index in [2.05, 4.69) is 15.1 Å². The number of anilines is 1. The van der Waals surface area contributed by atoms with Crippen LogP contribution in [0.4, 0.5) is 19.1 Å². The zero-order valence-corrected chi connectivity index (χ0v) is 10.9. The third-order valence-electron chi connectivity index (χ3n) is 3.11. The first-order valence-electron chi connectivity index (χ1n) is 5.99. The van der Waals surface area contributed by atoms with Gasteiger partial charge in [0, 0.05) is 18.6 Å². The molecule has 0 unspecified atom stereocenters. The number of aromatic nitrogens is 4. The number of aryl methyl sites for hydroxylation is 1. The van der Waals surface area contributed by atoms with Gasteiger partial charge in [-0.1, -0.05) is 0 Å². The molecule has 5 nitrogen and oxygen atoms in total. The maximum Gasteiger partial charge on any atom is 0.416 e. The Balaban J connectivity index is 2.30. The highest BCUT2D eigenvalue weighted by atomic mass is 19.4. The van der Waals surface area contributed by atoms with E-state index in [0.717, 1.165) is 12.1 Å². The molecule has 0 saturated carbocycles. The number of nitrogens with two attached hydrogens (primary N) is 1. The van der Waals surface area contributed by atoms with Crippen molar-refractivity contribution >= 4 is 16.9 Å². The maximum absolute atomic E-state index is 12.8. The lowest BCUT2D eigenvalue weighted by molar-refractivity contribution is -0.137. The Kier molecular flexibility index (Phi) is 2.82. The number of benzene rings is 1. The first kappa shape index (κ1) is 13.3. The molecule has 108 valence electrons. The van der Waals surface area contributed by atoms with Gasteiger partial charge in [0.05, 0.1) is 16.8 Å². The minimum atomic E-state index is -4.43. The summed E-state index contributed by atoms with van der Waals surface area (Å²) in [6.45, 7) is 0. The van der Waals surface area contributed by atoms with Crippen LogP contribution in [0, 0.1) is 0 Å². The van der Waals surface area contributed by atoms with Crippen molar-refractivity contribution in [2.45, 2.75) is 6.18 Å². The highest BCUT2D eigenvalue weighted by molar-refractivity contribution is 5.92. The third kappa shape index (κ3) is 2.28. The summed E-state index contributed by atoms with van der Waals surface area (Å²) in [6, 6.07) is 5.02. The Labute approximate surface area is 117 Å². The van der Waals surface area contributed by atoms with E-state index >= 15 is 0 Å². The number of nitrogen functional groups attached to an aromatic ring is 1. The molecule has 3 aromatic rings. The summed E-state index contributed by atoms with van der Waals surface area (Å²) < 4.78 is 39.9. The molecule has 0 amide bonds. The van der Waals surface area contributed by atoms with Crippen molar-refractivity contribution in [3.8, 4) is 11.4 Å². The van der Waals surface area contributed by atoms with Crippen LogP contribution in [0.15, 0.2) is 30.5 Å². The minimum Gasteiger partial charge on any atom is -0.368 e. The van der Waals surface area contributed by atoms with E-state index in [4.69, 9.17) is 5.73 Å². The lowest BCUT2D eigenvalue weighted by Crippen LogP contribution is -2.06. The van der Waals surface area contributed by atoms with E-state index in [-0.39, 0.29) is 11.5 Å². The van der Waals surface area contributed by atoms with Crippen molar-refractivity contribution in [3.63, 3.8) is 0 Å². The normalized spacial score (nSPS) is 12.0. The van der Waals surface area contributed by atoms with Crippen molar-refractivity contribution in [1.29, 1.82) is 0 Å². The largest absolute Gasteiger partial charge is 0.416 e. The molecule has 21 heavy (non-hydrogen) atoms. The molecule has 2 N–H and O–H groups in total. The van der Waals surface area contributed by atoms with E-state index in [1.165, 1.54) is 6.07 Å². The van der Waals surface area contributed by atoms with Crippen LogP contribution in [0.1, 0.15) is 5.56 Å². The molecule has 2 heterocycles. The van der Waals surface area contributed by atoms with Crippen molar-refractivity contribution < 1.29 is 13.2 Å². The van der Waals surface area contributed by atoms with Crippen molar-refractivity contribution in [2.24, 2.45) is 7.05 Å². The van der Waals surface area contributed by atoms with Gasteiger partial charge in [-0.2, -0.15) is 18.3 Å². The molecule has 0 fully saturated rings. The van der Waals surface area contributed by atoms with Crippen LogP contribution in [-0.4, -0.2) is 19.7 Å². The number of halogens is 3. The van der Waals surface area contributed by atoms with Crippen LogP contribution in [0.5, 0.6) is 0 Å². The van der Waals surface area contributed by atoms with Crippen LogP contribution in [0.3, 0.4) is 0 Å². The minimum absolute atomic E-state index is 0.0852. The number of rotatable bonds is 1. The molecular weight excluding hydrogens is 283 g/mol. The fraction of sp³-hybridized carbons (Fsp3) is 0.154. The lowest BCUT2D eigenvalue weighted by atomic mass is 10.1. The molecule has 0 bridgehead atoms. The highest BCUT2D eigenvalue weighted by Gasteiger charge is 2.31. The number of alkyl halides is 3. The summed E-state index contributed by atoms with van der Waals surface area (Å²) in [7, 11) is 1.71. The van der Waals surface area contributed by atoms with E-state index < -0.39 is 11.7 Å². The Morgan fingerprint density at radius 3 is 2.52 bits per heavy atom. The van der Waals surface area contributed by atoms with Gasteiger partial charge in [-0.05, 0) is 24.3 Å². The molecule has 0 aliphatic rings. The van der Waals surface area contributed by atoms with Crippen LogP contribution < -0.4 is 5.73 Å². The maximum atomic E-state index is 12.8. The zero-order chi connectivity index (χ0) is 15.2. The second-order valence-electron chi connectivity index (χ2n) is 4.50. The summed E-state index contributed by atoms with van der Waals surface area (Å²) in [6.07, 6.45) is -2.86. The van der Waals surface area contributed by atoms with Crippen LogP contribution in [-0.2, 0) is 13.2 Å². The topological polar surface area (TPSA) is 69.6 Å². The van der Waals surface area contributed by atoms with Crippen molar-refractivity contribution in [2.75, 3.05) is 5.73 Å². The zero-order valence-electron chi connectivity index (χ0n) is 10.9. The van der Waals surface area contributed by atoms with Gasteiger partial charge in [0.15, 0.2) is 0 Å². The van der Waals surface area contributed by atoms with Gasteiger partial charge in [-0.25, -0.2) is 9.97 Å². The molecule has 0 aliphatic heterocycles. The molecule has 0 saturated heterocycles. The number of hydrogen-bond acceptors (Lipinski definition) is 4. The summed E-state index contributed by atoms with van der Waals surface area (Å²) in [4.78, 5) is 8.01. The van der Waals surface area contributed by atoms with Crippen LogP contribution >= 0.6 is 0 Å². The smallest absolute Gasteiger partial charge is 0.368 e. The fourth-order valence-electron chi connectivity index (χ4n) is 2.13. The molecule has 0 radical (unpaired) electrons. The average Bonchev–Trinajstić information content (AvgIpc) is 2.82. The molecule has 1 aromatic carbocycles. The van der Waals surface area contributed by atoms with Gasteiger partial charge in [0.25, 0.3) is 0 Å². The molecule has 3 rings (SSSR count). The van der Waals surface area contributed by atoms with Crippen LogP contribution in [0.2, 0.25) is 0 Å². The predicted octanol–water partition coefficient (Wildman–Crippen LogP) is 2.63. The quantitative estimate of drug-likeness (QED) is 0.748. The second kappa shape index (κ2) is 4.44. The SMILES string of the molecule is Cn1nccc1-c1nc(N)nc2cc(C(F)(F)F)ccc12. The Hall–Kier alpha value is -2.64. The van der Waals surface area contributed by atoms with E-state index in [0.29, 0.717) is 16.8 Å². The molecule has 0 spiro atoms.